The summed E-state index contributed by atoms with van der Waals surface area (Å²) in [5.41, 5.74) is 1.11. The summed E-state index contributed by atoms with van der Waals surface area (Å²) in [6.07, 6.45) is 4.24. The van der Waals surface area contributed by atoms with Crippen molar-refractivity contribution >= 4 is 5.52 Å². The highest BCUT2D eigenvalue weighted by Crippen LogP contribution is 2.23. The Morgan fingerprint density at radius 1 is 1.42 bits per heavy atom. The molecule has 0 radical (unpaired) electrons. The Morgan fingerprint density at radius 3 is 3.05 bits per heavy atom. The van der Waals surface area contributed by atoms with Crippen molar-refractivity contribution in [3.63, 3.8) is 0 Å². The van der Waals surface area contributed by atoms with Crippen LogP contribution in [0.3, 0.4) is 0 Å². The van der Waals surface area contributed by atoms with Crippen LogP contribution in [0, 0.1) is 5.92 Å². The van der Waals surface area contributed by atoms with Gasteiger partial charge in [-0.15, -0.1) is 0 Å². The maximum atomic E-state index is 5.45. The van der Waals surface area contributed by atoms with Crippen molar-refractivity contribution in [2.45, 2.75) is 19.8 Å². The van der Waals surface area contributed by atoms with Crippen molar-refractivity contribution in [1.82, 2.24) is 14.3 Å². The number of hydrogen-bond acceptors (Lipinski definition) is 3. The zero-order valence-electron chi connectivity index (χ0n) is 11.7. The Bertz CT molecular complexity index is 564. The molecule has 1 fully saturated rings. The molecule has 1 aliphatic heterocycles. The summed E-state index contributed by atoms with van der Waals surface area (Å²) in [6.45, 7) is 5.81. The summed E-state index contributed by atoms with van der Waals surface area (Å²) in [5, 5.41) is 0. The van der Waals surface area contributed by atoms with Crippen LogP contribution in [0.25, 0.3) is 5.52 Å². The van der Waals surface area contributed by atoms with Crippen LogP contribution in [0.1, 0.15) is 19.2 Å². The molecule has 0 spiro atoms. The molecule has 4 heteroatoms. The van der Waals surface area contributed by atoms with Gasteiger partial charge in [-0.25, -0.2) is 4.98 Å². The molecule has 0 amide bonds. The van der Waals surface area contributed by atoms with Crippen LogP contribution in [0.15, 0.2) is 24.4 Å². The molecule has 3 heterocycles. The number of ether oxygens (including phenoxy) is 1. The SMILES string of the molecule is CCN1CCC(Cc2ncc3cccc(OC)n23)C1. The van der Waals surface area contributed by atoms with Crippen LogP contribution in [-0.4, -0.2) is 41.0 Å². The van der Waals surface area contributed by atoms with Crippen molar-refractivity contribution < 1.29 is 4.74 Å². The van der Waals surface area contributed by atoms with Crippen molar-refractivity contribution in [2.75, 3.05) is 26.7 Å². The maximum Gasteiger partial charge on any atom is 0.199 e. The highest BCUT2D eigenvalue weighted by atomic mass is 16.5. The predicted molar refractivity (Wildman–Crippen MR) is 75.7 cm³/mol. The molecule has 0 bridgehead atoms. The molecule has 102 valence electrons. The smallest absolute Gasteiger partial charge is 0.199 e. The number of hydrogen-bond donors (Lipinski definition) is 0. The summed E-state index contributed by atoms with van der Waals surface area (Å²) in [4.78, 5) is 7.09. The molecule has 0 aliphatic carbocycles. The second kappa shape index (κ2) is 5.21. The van der Waals surface area contributed by atoms with Crippen LogP contribution in [0.5, 0.6) is 5.88 Å². The van der Waals surface area contributed by atoms with Crippen molar-refractivity contribution in [1.29, 1.82) is 0 Å². The molecule has 2 aromatic rings. The van der Waals surface area contributed by atoms with Gasteiger partial charge >= 0.3 is 0 Å². The lowest BCUT2D eigenvalue weighted by Crippen LogP contribution is -2.20. The third-order valence-electron chi connectivity index (χ3n) is 4.09. The van der Waals surface area contributed by atoms with Crippen molar-refractivity contribution in [3.8, 4) is 5.88 Å². The third-order valence-corrected chi connectivity index (χ3v) is 4.09. The second-order valence-corrected chi connectivity index (χ2v) is 5.25. The average molecular weight is 259 g/mol. The Labute approximate surface area is 114 Å². The van der Waals surface area contributed by atoms with Gasteiger partial charge in [-0.05, 0) is 37.6 Å². The normalized spacial score (nSPS) is 20.2. The first-order valence-electron chi connectivity index (χ1n) is 7.03. The standard InChI is InChI=1S/C15H21N3O/c1-3-17-8-7-12(11-17)9-14-16-10-13-5-4-6-15(19-2)18(13)14/h4-6,10,12H,3,7-9,11H2,1-2H3. The Hall–Kier alpha value is -1.55. The number of pyridine rings is 1. The van der Waals surface area contributed by atoms with Gasteiger partial charge in [-0.3, -0.25) is 4.40 Å². The molecule has 1 unspecified atom stereocenters. The maximum absolute atomic E-state index is 5.45. The topological polar surface area (TPSA) is 29.8 Å². The fourth-order valence-corrected chi connectivity index (χ4v) is 3.01. The van der Waals surface area contributed by atoms with Gasteiger partial charge in [0, 0.05) is 13.0 Å². The van der Waals surface area contributed by atoms with Gasteiger partial charge < -0.3 is 9.64 Å². The lowest BCUT2D eigenvalue weighted by Gasteiger charge is -2.13. The molecule has 1 atom stereocenters. The summed E-state index contributed by atoms with van der Waals surface area (Å²) in [7, 11) is 1.72. The Kier molecular flexibility index (Phi) is 3.42. The molecule has 19 heavy (non-hydrogen) atoms. The van der Waals surface area contributed by atoms with Crippen LogP contribution < -0.4 is 4.74 Å². The summed E-state index contributed by atoms with van der Waals surface area (Å²) < 4.78 is 7.58. The van der Waals surface area contributed by atoms with E-state index in [9.17, 15) is 0 Å². The van der Waals surface area contributed by atoms with E-state index in [1.54, 1.807) is 7.11 Å². The van der Waals surface area contributed by atoms with E-state index in [0.717, 1.165) is 36.1 Å². The van der Waals surface area contributed by atoms with E-state index < -0.39 is 0 Å². The van der Waals surface area contributed by atoms with Gasteiger partial charge in [0.05, 0.1) is 18.8 Å². The van der Waals surface area contributed by atoms with E-state index in [0.29, 0.717) is 0 Å². The molecular weight excluding hydrogens is 238 g/mol. The molecule has 2 aromatic heterocycles. The lowest BCUT2D eigenvalue weighted by molar-refractivity contribution is 0.340. The van der Waals surface area contributed by atoms with Crippen LogP contribution in [-0.2, 0) is 6.42 Å². The van der Waals surface area contributed by atoms with Gasteiger partial charge in [0.2, 0.25) is 0 Å². The second-order valence-electron chi connectivity index (χ2n) is 5.25. The van der Waals surface area contributed by atoms with Gasteiger partial charge in [-0.2, -0.15) is 0 Å². The van der Waals surface area contributed by atoms with Gasteiger partial charge in [-0.1, -0.05) is 13.0 Å². The van der Waals surface area contributed by atoms with Gasteiger partial charge in [0.15, 0.2) is 5.88 Å². The van der Waals surface area contributed by atoms with E-state index in [2.05, 4.69) is 27.3 Å². The van der Waals surface area contributed by atoms with Crippen molar-refractivity contribution in [3.05, 3.63) is 30.2 Å². The van der Waals surface area contributed by atoms with E-state index in [1.165, 1.54) is 19.5 Å². The number of imidazole rings is 1. The Morgan fingerprint density at radius 2 is 2.32 bits per heavy atom. The number of aromatic nitrogens is 2. The van der Waals surface area contributed by atoms with Gasteiger partial charge in [0.1, 0.15) is 5.82 Å². The number of methoxy groups -OCH3 is 1. The Balaban J connectivity index is 1.85. The summed E-state index contributed by atoms with van der Waals surface area (Å²) >= 11 is 0. The molecule has 1 saturated heterocycles. The monoisotopic (exact) mass is 259 g/mol. The summed E-state index contributed by atoms with van der Waals surface area (Å²) in [6, 6.07) is 6.07. The van der Waals surface area contributed by atoms with E-state index in [1.807, 2.05) is 18.3 Å². The number of rotatable bonds is 4. The van der Waals surface area contributed by atoms with E-state index in [4.69, 9.17) is 4.74 Å². The highest BCUT2D eigenvalue weighted by molar-refractivity contribution is 5.49. The molecule has 3 rings (SSSR count). The average Bonchev–Trinajstić information content (AvgIpc) is 3.06. The molecule has 0 N–H and O–H groups in total. The fourth-order valence-electron chi connectivity index (χ4n) is 3.01. The molecule has 0 aromatic carbocycles. The predicted octanol–water partition coefficient (Wildman–Crippen LogP) is 2.23. The molecule has 0 saturated carbocycles. The van der Waals surface area contributed by atoms with Crippen LogP contribution in [0.2, 0.25) is 0 Å². The quantitative estimate of drug-likeness (QED) is 0.843. The lowest BCUT2D eigenvalue weighted by atomic mass is 10.0. The minimum absolute atomic E-state index is 0.718. The first-order valence-corrected chi connectivity index (χ1v) is 7.03. The minimum atomic E-state index is 0.718. The first kappa shape index (κ1) is 12.5. The molecule has 4 nitrogen and oxygen atoms in total. The van der Waals surface area contributed by atoms with E-state index >= 15 is 0 Å². The fraction of sp³-hybridized carbons (Fsp3) is 0.533. The van der Waals surface area contributed by atoms with Crippen molar-refractivity contribution in [2.24, 2.45) is 5.92 Å². The van der Waals surface area contributed by atoms with Gasteiger partial charge in [0.25, 0.3) is 0 Å². The molecular formula is C15H21N3O. The van der Waals surface area contributed by atoms with E-state index in [-0.39, 0.29) is 0 Å². The number of fused-ring (bicyclic) bond motifs is 1. The van der Waals surface area contributed by atoms with Crippen LogP contribution >= 0.6 is 0 Å². The number of nitrogens with zero attached hydrogens (tertiary/aromatic N) is 3. The zero-order chi connectivity index (χ0) is 13.2. The minimum Gasteiger partial charge on any atom is -0.482 e. The van der Waals surface area contributed by atoms with Crippen LogP contribution in [0.4, 0.5) is 0 Å². The highest BCUT2D eigenvalue weighted by Gasteiger charge is 2.23. The third kappa shape index (κ3) is 2.32. The molecule has 1 aliphatic rings. The number of likely N-dealkylation sites (tertiary alicyclic amines) is 1. The largest absolute Gasteiger partial charge is 0.482 e. The summed E-state index contributed by atoms with van der Waals surface area (Å²) in [5.74, 6) is 2.71. The zero-order valence-corrected chi connectivity index (χ0v) is 11.7. The first-order chi connectivity index (χ1) is 9.31.